The van der Waals surface area contributed by atoms with E-state index < -0.39 is 11.6 Å². The molecule has 4 bridgehead atoms. The number of rotatable bonds is 3. The van der Waals surface area contributed by atoms with E-state index in [-0.39, 0.29) is 12.1 Å². The second-order valence-electron chi connectivity index (χ2n) is 6.21. The van der Waals surface area contributed by atoms with Gasteiger partial charge in [-0.2, -0.15) is 0 Å². The van der Waals surface area contributed by atoms with Gasteiger partial charge >= 0.3 is 5.97 Å². The van der Waals surface area contributed by atoms with Crippen LogP contribution < -0.4 is 5.32 Å². The highest BCUT2D eigenvalue weighted by Crippen LogP contribution is 2.57. The molecule has 4 nitrogen and oxygen atoms in total. The quantitative estimate of drug-likeness (QED) is 0.662. The van der Waals surface area contributed by atoms with Crippen LogP contribution in [0.5, 0.6) is 0 Å². The Kier molecular flexibility index (Phi) is 2.11. The molecule has 4 fully saturated rings. The maximum Gasteiger partial charge on any atom is 0.317 e. The maximum atomic E-state index is 10.6. The van der Waals surface area contributed by atoms with Crippen LogP contribution in [0.1, 0.15) is 38.5 Å². The average molecular weight is 225 g/mol. The molecule has 0 radical (unpaired) electrons. The van der Waals surface area contributed by atoms with Gasteiger partial charge in [0, 0.05) is 5.54 Å². The molecule has 90 valence electrons. The number of carboxylic acid groups (broad SMARTS) is 1. The van der Waals surface area contributed by atoms with Crippen molar-refractivity contribution < 1.29 is 15.0 Å². The third-order valence-electron chi connectivity index (χ3n) is 4.64. The van der Waals surface area contributed by atoms with E-state index in [2.05, 4.69) is 5.32 Å². The van der Waals surface area contributed by atoms with Gasteiger partial charge in [0.1, 0.15) is 0 Å². The summed E-state index contributed by atoms with van der Waals surface area (Å²) in [6.45, 7) is 0.0233. The fourth-order valence-electron chi connectivity index (χ4n) is 4.68. The van der Waals surface area contributed by atoms with Crippen molar-refractivity contribution in [1.29, 1.82) is 0 Å². The second kappa shape index (κ2) is 3.20. The zero-order chi connectivity index (χ0) is 11.4. The molecule has 4 heteroatoms. The molecule has 4 aliphatic carbocycles. The van der Waals surface area contributed by atoms with Crippen molar-refractivity contribution in [1.82, 2.24) is 5.32 Å². The van der Waals surface area contributed by atoms with Gasteiger partial charge in [-0.25, -0.2) is 0 Å². The van der Waals surface area contributed by atoms with Crippen LogP contribution in [0, 0.1) is 11.8 Å². The van der Waals surface area contributed by atoms with E-state index in [4.69, 9.17) is 5.11 Å². The minimum atomic E-state index is -0.803. The predicted octanol–water partition coefficient (Wildman–Crippen LogP) is 0.744. The van der Waals surface area contributed by atoms with E-state index in [1.54, 1.807) is 0 Å². The maximum absolute atomic E-state index is 10.6. The third kappa shape index (κ3) is 1.64. The molecule has 0 saturated heterocycles. The first-order chi connectivity index (χ1) is 7.49. The number of aliphatic carboxylic acids is 1. The summed E-state index contributed by atoms with van der Waals surface area (Å²) in [5.41, 5.74) is -0.590. The second-order valence-corrected chi connectivity index (χ2v) is 6.21. The highest BCUT2D eigenvalue weighted by molar-refractivity contribution is 5.69. The molecule has 4 aliphatic rings. The summed E-state index contributed by atoms with van der Waals surface area (Å²) >= 11 is 0. The molecule has 0 aliphatic heterocycles. The number of carbonyl (C=O) groups is 1. The summed E-state index contributed by atoms with van der Waals surface area (Å²) in [5, 5.41) is 22.4. The Morgan fingerprint density at radius 1 is 1.25 bits per heavy atom. The lowest BCUT2D eigenvalue weighted by atomic mass is 9.51. The van der Waals surface area contributed by atoms with Crippen LogP contribution >= 0.6 is 0 Å². The van der Waals surface area contributed by atoms with Gasteiger partial charge in [-0.1, -0.05) is 0 Å². The average Bonchev–Trinajstić information content (AvgIpc) is 2.10. The summed E-state index contributed by atoms with van der Waals surface area (Å²) in [6, 6.07) is 0. The number of hydrogen-bond acceptors (Lipinski definition) is 3. The fraction of sp³-hybridized carbons (Fsp3) is 0.917. The molecule has 3 N–H and O–H groups in total. The fourth-order valence-corrected chi connectivity index (χ4v) is 4.68. The first kappa shape index (κ1) is 10.5. The Morgan fingerprint density at radius 2 is 1.88 bits per heavy atom. The van der Waals surface area contributed by atoms with E-state index in [0.717, 1.165) is 32.1 Å². The lowest BCUT2D eigenvalue weighted by molar-refractivity contribution is -0.149. The van der Waals surface area contributed by atoms with Crippen LogP contribution in [0.15, 0.2) is 0 Å². The van der Waals surface area contributed by atoms with Crippen molar-refractivity contribution in [2.24, 2.45) is 11.8 Å². The highest BCUT2D eigenvalue weighted by atomic mass is 16.4. The summed E-state index contributed by atoms with van der Waals surface area (Å²) < 4.78 is 0. The van der Waals surface area contributed by atoms with Crippen LogP contribution in [-0.4, -0.2) is 33.9 Å². The topological polar surface area (TPSA) is 69.6 Å². The van der Waals surface area contributed by atoms with E-state index in [1.165, 1.54) is 6.42 Å². The zero-order valence-corrected chi connectivity index (χ0v) is 9.41. The molecule has 0 aromatic rings. The van der Waals surface area contributed by atoms with Crippen molar-refractivity contribution >= 4 is 5.97 Å². The van der Waals surface area contributed by atoms with Crippen LogP contribution in [-0.2, 0) is 4.79 Å². The number of nitrogens with one attached hydrogen (secondary N) is 1. The molecule has 0 aromatic heterocycles. The Bertz CT molecular complexity index is 314. The summed E-state index contributed by atoms with van der Waals surface area (Å²) in [4.78, 5) is 10.6. The first-order valence-corrected chi connectivity index (χ1v) is 6.18. The van der Waals surface area contributed by atoms with Crippen LogP contribution in [0.4, 0.5) is 0 Å². The molecule has 4 rings (SSSR count). The molecule has 0 aromatic carbocycles. The van der Waals surface area contributed by atoms with Gasteiger partial charge in [-0.15, -0.1) is 0 Å². The van der Waals surface area contributed by atoms with Crippen molar-refractivity contribution in [3.05, 3.63) is 0 Å². The number of carboxylic acids is 1. The molecule has 4 saturated carbocycles. The van der Waals surface area contributed by atoms with Crippen LogP contribution in [0.3, 0.4) is 0 Å². The zero-order valence-electron chi connectivity index (χ0n) is 9.41. The molecule has 0 heterocycles. The molecular formula is C12H19NO3. The van der Waals surface area contributed by atoms with Crippen LogP contribution in [0.2, 0.25) is 0 Å². The standard InChI is InChI=1S/C12H19NO3/c14-10(15)6-13-11-2-8-1-9(3-11)5-12(16,4-8)7-11/h8-9,13,16H,1-7H2,(H,14,15)/t8-,9-,11?,12?/m1/s1. The highest BCUT2D eigenvalue weighted by Gasteiger charge is 2.56. The summed E-state index contributed by atoms with van der Waals surface area (Å²) in [5.74, 6) is 0.405. The SMILES string of the molecule is O=C(O)CNC12C[C@H]3C[C@@H](CC(O)(C3)C1)C2. The van der Waals surface area contributed by atoms with E-state index in [1.807, 2.05) is 0 Å². The summed E-state index contributed by atoms with van der Waals surface area (Å²) in [6.07, 6.45) is 5.96. The molecule has 2 atom stereocenters. The molecule has 0 unspecified atom stereocenters. The third-order valence-corrected chi connectivity index (χ3v) is 4.64. The number of aliphatic hydroxyl groups is 1. The lowest BCUT2D eigenvalue weighted by Gasteiger charge is -2.60. The Hall–Kier alpha value is -0.610. The predicted molar refractivity (Wildman–Crippen MR) is 58.0 cm³/mol. The minimum absolute atomic E-state index is 0.0233. The molecule has 0 amide bonds. The Morgan fingerprint density at radius 3 is 2.38 bits per heavy atom. The van der Waals surface area contributed by atoms with E-state index in [0.29, 0.717) is 11.8 Å². The molecule has 16 heavy (non-hydrogen) atoms. The van der Waals surface area contributed by atoms with Gasteiger partial charge in [-0.05, 0) is 50.4 Å². The van der Waals surface area contributed by atoms with Crippen molar-refractivity contribution in [2.75, 3.05) is 6.54 Å². The number of hydrogen-bond donors (Lipinski definition) is 3. The van der Waals surface area contributed by atoms with Crippen LogP contribution in [0.25, 0.3) is 0 Å². The summed E-state index contributed by atoms with van der Waals surface area (Å²) in [7, 11) is 0. The lowest BCUT2D eigenvalue weighted by Crippen LogP contribution is -2.65. The Labute approximate surface area is 95.0 Å². The van der Waals surface area contributed by atoms with Crippen molar-refractivity contribution in [2.45, 2.75) is 49.7 Å². The monoisotopic (exact) mass is 225 g/mol. The van der Waals surface area contributed by atoms with Gasteiger partial charge in [0.05, 0.1) is 12.1 Å². The minimum Gasteiger partial charge on any atom is -0.480 e. The van der Waals surface area contributed by atoms with Crippen molar-refractivity contribution in [3.8, 4) is 0 Å². The largest absolute Gasteiger partial charge is 0.480 e. The smallest absolute Gasteiger partial charge is 0.317 e. The van der Waals surface area contributed by atoms with E-state index in [9.17, 15) is 9.90 Å². The normalized spacial score (nSPS) is 49.6. The first-order valence-electron chi connectivity index (χ1n) is 6.18. The van der Waals surface area contributed by atoms with Gasteiger partial charge < -0.3 is 15.5 Å². The van der Waals surface area contributed by atoms with Crippen molar-refractivity contribution in [3.63, 3.8) is 0 Å². The molecular weight excluding hydrogens is 206 g/mol. The van der Waals surface area contributed by atoms with Gasteiger partial charge in [-0.3, -0.25) is 4.79 Å². The molecule has 0 spiro atoms. The van der Waals surface area contributed by atoms with Gasteiger partial charge in [0.2, 0.25) is 0 Å². The van der Waals surface area contributed by atoms with Gasteiger partial charge in [0.15, 0.2) is 0 Å². The Balaban J connectivity index is 1.78. The van der Waals surface area contributed by atoms with E-state index >= 15 is 0 Å². The van der Waals surface area contributed by atoms with Gasteiger partial charge in [0.25, 0.3) is 0 Å².